The van der Waals surface area contributed by atoms with Crippen LogP contribution in [0.5, 0.6) is 0 Å². The van der Waals surface area contributed by atoms with Gasteiger partial charge in [0.15, 0.2) is 0 Å². The zero-order chi connectivity index (χ0) is 21.2. The molecule has 0 aliphatic carbocycles. The number of hydrogen-bond acceptors (Lipinski definition) is 2. The van der Waals surface area contributed by atoms with Gasteiger partial charge in [-0.2, -0.15) is 0 Å². The fraction of sp³-hybridized carbons (Fsp3) is 0.667. The molecule has 0 bridgehead atoms. The SMILES string of the molecule is CC(C)(CCCCc1cccc(CCCCC(C)(C)CC(=O)O)c1)CC(=O)O. The number of hydrogen-bond donors (Lipinski definition) is 2. The lowest BCUT2D eigenvalue weighted by Gasteiger charge is -2.22. The molecule has 0 aliphatic rings. The molecule has 0 unspecified atom stereocenters. The van der Waals surface area contributed by atoms with E-state index in [9.17, 15) is 9.59 Å². The molecule has 0 spiro atoms. The number of carboxylic acids is 2. The Labute approximate surface area is 170 Å². The number of aryl methyl sites for hydroxylation is 2. The Balaban J connectivity index is 2.34. The normalized spacial score (nSPS) is 12.1. The predicted molar refractivity (Wildman–Crippen MR) is 114 cm³/mol. The Morgan fingerprint density at radius 1 is 0.750 bits per heavy atom. The van der Waals surface area contributed by atoms with E-state index >= 15 is 0 Å². The third kappa shape index (κ3) is 11.1. The largest absolute Gasteiger partial charge is 0.481 e. The van der Waals surface area contributed by atoms with Gasteiger partial charge < -0.3 is 10.2 Å². The maximum absolute atomic E-state index is 10.9. The first-order valence-corrected chi connectivity index (χ1v) is 10.5. The zero-order valence-electron chi connectivity index (χ0n) is 18.1. The summed E-state index contributed by atoms with van der Waals surface area (Å²) >= 11 is 0. The second-order valence-electron chi connectivity index (χ2n) is 9.70. The van der Waals surface area contributed by atoms with Gasteiger partial charge in [0, 0.05) is 0 Å². The summed E-state index contributed by atoms with van der Waals surface area (Å²) in [5, 5.41) is 17.9. The molecule has 0 saturated carbocycles. The average Bonchev–Trinajstić information content (AvgIpc) is 2.54. The van der Waals surface area contributed by atoms with Gasteiger partial charge in [-0.25, -0.2) is 0 Å². The van der Waals surface area contributed by atoms with Crippen molar-refractivity contribution in [3.05, 3.63) is 35.4 Å². The number of carbonyl (C=O) groups is 2. The average molecular weight is 391 g/mol. The summed E-state index contributed by atoms with van der Waals surface area (Å²) in [6.07, 6.45) is 8.64. The van der Waals surface area contributed by atoms with Gasteiger partial charge in [0.1, 0.15) is 0 Å². The number of benzene rings is 1. The van der Waals surface area contributed by atoms with Crippen LogP contribution in [0.25, 0.3) is 0 Å². The molecule has 158 valence electrons. The number of carboxylic acid groups (broad SMARTS) is 2. The lowest BCUT2D eigenvalue weighted by molar-refractivity contribution is -0.140. The van der Waals surface area contributed by atoms with Crippen LogP contribution in [0.15, 0.2) is 24.3 Å². The highest BCUT2D eigenvalue weighted by molar-refractivity contribution is 5.67. The van der Waals surface area contributed by atoms with Crippen molar-refractivity contribution in [2.75, 3.05) is 0 Å². The second kappa shape index (κ2) is 11.2. The molecule has 0 aromatic heterocycles. The monoisotopic (exact) mass is 390 g/mol. The van der Waals surface area contributed by atoms with Crippen LogP contribution >= 0.6 is 0 Å². The van der Waals surface area contributed by atoms with Crippen LogP contribution < -0.4 is 0 Å². The molecule has 0 fully saturated rings. The molecular weight excluding hydrogens is 352 g/mol. The smallest absolute Gasteiger partial charge is 0.303 e. The molecule has 0 heterocycles. The van der Waals surface area contributed by atoms with Crippen LogP contribution in [0.1, 0.15) is 90.2 Å². The minimum absolute atomic E-state index is 0.137. The van der Waals surface area contributed by atoms with Crippen molar-refractivity contribution in [2.24, 2.45) is 10.8 Å². The minimum atomic E-state index is -0.718. The van der Waals surface area contributed by atoms with E-state index < -0.39 is 11.9 Å². The van der Waals surface area contributed by atoms with Crippen LogP contribution in [0, 0.1) is 10.8 Å². The maximum Gasteiger partial charge on any atom is 0.303 e. The van der Waals surface area contributed by atoms with E-state index in [-0.39, 0.29) is 23.7 Å². The van der Waals surface area contributed by atoms with Gasteiger partial charge in [-0.05, 0) is 60.5 Å². The molecular formula is C24H38O4. The molecule has 4 heteroatoms. The van der Waals surface area contributed by atoms with E-state index in [1.807, 2.05) is 27.7 Å². The highest BCUT2D eigenvalue weighted by Crippen LogP contribution is 2.29. The minimum Gasteiger partial charge on any atom is -0.481 e. The van der Waals surface area contributed by atoms with Crippen LogP contribution in [-0.4, -0.2) is 22.2 Å². The van der Waals surface area contributed by atoms with E-state index in [2.05, 4.69) is 24.3 Å². The van der Waals surface area contributed by atoms with Crippen molar-refractivity contribution >= 4 is 11.9 Å². The number of aliphatic carboxylic acids is 2. The van der Waals surface area contributed by atoms with Crippen molar-refractivity contribution in [1.29, 1.82) is 0 Å². The first-order chi connectivity index (χ1) is 13.0. The van der Waals surface area contributed by atoms with E-state index in [1.165, 1.54) is 11.1 Å². The van der Waals surface area contributed by atoms with Crippen LogP contribution in [0.4, 0.5) is 0 Å². The quantitative estimate of drug-likeness (QED) is 0.376. The summed E-state index contributed by atoms with van der Waals surface area (Å²) in [4.78, 5) is 21.8. The Kier molecular flexibility index (Phi) is 9.71. The van der Waals surface area contributed by atoms with Gasteiger partial charge in [-0.3, -0.25) is 9.59 Å². The zero-order valence-corrected chi connectivity index (χ0v) is 18.1. The molecule has 0 saturated heterocycles. The highest BCUT2D eigenvalue weighted by atomic mass is 16.4. The summed E-state index contributed by atoms with van der Waals surface area (Å²) in [5.41, 5.74) is 2.42. The molecule has 2 N–H and O–H groups in total. The summed E-state index contributed by atoms with van der Waals surface area (Å²) < 4.78 is 0. The Hall–Kier alpha value is -1.84. The first kappa shape index (κ1) is 24.2. The highest BCUT2D eigenvalue weighted by Gasteiger charge is 2.21. The first-order valence-electron chi connectivity index (χ1n) is 10.5. The van der Waals surface area contributed by atoms with Crippen molar-refractivity contribution in [3.8, 4) is 0 Å². The van der Waals surface area contributed by atoms with Gasteiger partial charge in [0.25, 0.3) is 0 Å². The van der Waals surface area contributed by atoms with Crippen LogP contribution in [-0.2, 0) is 22.4 Å². The van der Waals surface area contributed by atoms with E-state index in [0.29, 0.717) is 0 Å². The van der Waals surface area contributed by atoms with Crippen molar-refractivity contribution in [2.45, 2.75) is 91.9 Å². The lowest BCUT2D eigenvalue weighted by Crippen LogP contribution is -2.16. The molecule has 28 heavy (non-hydrogen) atoms. The van der Waals surface area contributed by atoms with Gasteiger partial charge in [-0.1, -0.05) is 64.8 Å². The third-order valence-electron chi connectivity index (χ3n) is 5.39. The van der Waals surface area contributed by atoms with Crippen LogP contribution in [0.3, 0.4) is 0 Å². The lowest BCUT2D eigenvalue weighted by atomic mass is 9.83. The molecule has 0 atom stereocenters. The fourth-order valence-corrected chi connectivity index (χ4v) is 3.80. The van der Waals surface area contributed by atoms with Crippen LogP contribution in [0.2, 0.25) is 0 Å². The summed E-state index contributed by atoms with van der Waals surface area (Å²) in [5.74, 6) is -1.44. The second-order valence-corrected chi connectivity index (χ2v) is 9.70. The van der Waals surface area contributed by atoms with Gasteiger partial charge >= 0.3 is 11.9 Å². The van der Waals surface area contributed by atoms with Crippen molar-refractivity contribution in [3.63, 3.8) is 0 Å². The molecule has 1 rings (SSSR count). The third-order valence-corrected chi connectivity index (χ3v) is 5.39. The fourth-order valence-electron chi connectivity index (χ4n) is 3.80. The predicted octanol–water partition coefficient (Wildman–Crippen LogP) is 6.11. The standard InChI is InChI=1S/C24H38O4/c1-23(2,17-21(25)26)14-7-5-10-19-12-9-13-20(16-19)11-6-8-15-24(3,4)18-22(27)28/h9,12-13,16H,5-8,10-11,14-15,17-18H2,1-4H3,(H,25,26)(H,27,28). The van der Waals surface area contributed by atoms with E-state index in [1.54, 1.807) is 0 Å². The summed E-state index contributed by atoms with van der Waals surface area (Å²) in [7, 11) is 0. The van der Waals surface area contributed by atoms with E-state index in [0.717, 1.165) is 51.4 Å². The van der Waals surface area contributed by atoms with Crippen molar-refractivity contribution in [1.82, 2.24) is 0 Å². The maximum atomic E-state index is 10.9. The Morgan fingerprint density at radius 2 is 1.14 bits per heavy atom. The molecule has 4 nitrogen and oxygen atoms in total. The van der Waals surface area contributed by atoms with Gasteiger partial charge in [0.2, 0.25) is 0 Å². The molecule has 1 aromatic rings. The molecule has 1 aromatic carbocycles. The Morgan fingerprint density at radius 3 is 1.50 bits per heavy atom. The topological polar surface area (TPSA) is 74.6 Å². The van der Waals surface area contributed by atoms with Crippen molar-refractivity contribution < 1.29 is 19.8 Å². The summed E-state index contributed by atoms with van der Waals surface area (Å²) in [6.45, 7) is 8.11. The number of unbranched alkanes of at least 4 members (excludes halogenated alkanes) is 2. The molecule has 0 aliphatic heterocycles. The summed E-state index contributed by atoms with van der Waals surface area (Å²) in [6, 6.07) is 8.74. The Bertz CT molecular complexity index is 580. The van der Waals surface area contributed by atoms with Gasteiger partial charge in [-0.15, -0.1) is 0 Å². The molecule has 0 amide bonds. The molecule has 0 radical (unpaired) electrons. The van der Waals surface area contributed by atoms with E-state index in [4.69, 9.17) is 10.2 Å². The number of rotatable bonds is 14. The van der Waals surface area contributed by atoms with Gasteiger partial charge in [0.05, 0.1) is 12.8 Å².